The number of anilines is 2. The second-order valence-electron chi connectivity index (χ2n) is 7.02. The minimum absolute atomic E-state index is 0.00218. The molecule has 0 saturated heterocycles. The van der Waals surface area contributed by atoms with Crippen molar-refractivity contribution in [3.05, 3.63) is 58.5 Å². The predicted molar refractivity (Wildman–Crippen MR) is 122 cm³/mol. The number of methoxy groups -OCH3 is 2. The fraction of sp³-hybridized carbons (Fsp3) is 0.174. The summed E-state index contributed by atoms with van der Waals surface area (Å²) in [5.41, 5.74) is 1.98. The van der Waals surface area contributed by atoms with E-state index in [1.54, 1.807) is 25.1 Å². The van der Waals surface area contributed by atoms with Gasteiger partial charge in [-0.15, -0.1) is 11.3 Å². The third-order valence-electron chi connectivity index (χ3n) is 4.98. The van der Waals surface area contributed by atoms with E-state index in [4.69, 9.17) is 9.47 Å². The molecule has 0 atom stereocenters. The molecule has 4 aromatic rings. The van der Waals surface area contributed by atoms with Gasteiger partial charge in [-0.1, -0.05) is 12.1 Å². The largest absolute Gasteiger partial charge is 0.493 e. The molecule has 0 bridgehead atoms. The third kappa shape index (κ3) is 3.82. The number of carbonyl (C=O) groups is 1. The van der Waals surface area contributed by atoms with Crippen LogP contribution in [0.2, 0.25) is 0 Å². The average Bonchev–Trinajstić information content (AvgIpc) is 3.09. The van der Waals surface area contributed by atoms with Crippen LogP contribution in [0.15, 0.2) is 36.4 Å². The van der Waals surface area contributed by atoms with Crippen LogP contribution in [0.25, 0.3) is 21.3 Å². The average molecular weight is 453 g/mol. The Bertz CT molecular complexity index is 1340. The molecule has 2 heterocycles. The van der Waals surface area contributed by atoms with Gasteiger partial charge < -0.3 is 19.9 Å². The monoisotopic (exact) mass is 453 g/mol. The molecule has 0 radical (unpaired) electrons. The maximum Gasteiger partial charge on any atom is 0.337 e. The molecule has 0 aliphatic rings. The lowest BCUT2D eigenvalue weighted by molar-refractivity contribution is 0.0697. The molecule has 0 unspecified atom stereocenters. The van der Waals surface area contributed by atoms with Crippen LogP contribution in [0.5, 0.6) is 11.5 Å². The number of halogens is 1. The standard InChI is InChI=1S/C23H20FN3O4S/c1-11-19(13-5-7-14(24)8-6-13)20-21(25-12(2)26-22(20)32-11)27-16-10-18(31-4)17(30-3)9-15(16)23(28)29/h5-10H,1-4H3,(H,28,29)(H,25,26,27). The fourth-order valence-electron chi connectivity index (χ4n) is 3.56. The van der Waals surface area contributed by atoms with Crippen molar-refractivity contribution in [3.8, 4) is 22.6 Å². The Morgan fingerprint density at radius 3 is 2.34 bits per heavy atom. The van der Waals surface area contributed by atoms with Gasteiger partial charge in [-0.2, -0.15) is 0 Å². The maximum absolute atomic E-state index is 13.5. The van der Waals surface area contributed by atoms with E-state index < -0.39 is 5.97 Å². The zero-order chi connectivity index (χ0) is 23.0. The Hall–Kier alpha value is -3.72. The van der Waals surface area contributed by atoms with Crippen molar-refractivity contribution in [2.75, 3.05) is 19.5 Å². The number of aromatic nitrogens is 2. The van der Waals surface area contributed by atoms with Crippen LogP contribution in [0.4, 0.5) is 15.9 Å². The van der Waals surface area contributed by atoms with Gasteiger partial charge in [0.25, 0.3) is 0 Å². The Morgan fingerprint density at radius 1 is 1.06 bits per heavy atom. The SMILES string of the molecule is COc1cc(Nc2nc(C)nc3sc(C)c(-c4ccc(F)cc4)c23)c(C(=O)O)cc1OC. The molecule has 2 aromatic carbocycles. The zero-order valence-electron chi connectivity index (χ0n) is 17.8. The smallest absolute Gasteiger partial charge is 0.337 e. The van der Waals surface area contributed by atoms with Crippen LogP contribution in [0, 0.1) is 19.7 Å². The van der Waals surface area contributed by atoms with E-state index >= 15 is 0 Å². The number of thiophene rings is 1. The summed E-state index contributed by atoms with van der Waals surface area (Å²) in [5.74, 6) is 0.207. The summed E-state index contributed by atoms with van der Waals surface area (Å²) in [4.78, 5) is 22.8. The molecule has 32 heavy (non-hydrogen) atoms. The van der Waals surface area contributed by atoms with E-state index in [2.05, 4.69) is 15.3 Å². The predicted octanol–water partition coefficient (Wildman–Crippen LogP) is 5.57. The molecule has 4 rings (SSSR count). The minimum Gasteiger partial charge on any atom is -0.493 e. The molecule has 0 spiro atoms. The van der Waals surface area contributed by atoms with Crippen LogP contribution < -0.4 is 14.8 Å². The normalized spacial score (nSPS) is 10.9. The van der Waals surface area contributed by atoms with Gasteiger partial charge in [0.15, 0.2) is 11.5 Å². The second-order valence-corrected chi connectivity index (χ2v) is 8.23. The number of fused-ring (bicyclic) bond motifs is 1. The lowest BCUT2D eigenvalue weighted by Crippen LogP contribution is -2.06. The molecule has 7 nitrogen and oxygen atoms in total. The van der Waals surface area contributed by atoms with Gasteiger partial charge in [-0.3, -0.25) is 0 Å². The van der Waals surface area contributed by atoms with Crippen molar-refractivity contribution < 1.29 is 23.8 Å². The Kier molecular flexibility index (Phi) is 5.67. The molecule has 2 N–H and O–H groups in total. The van der Waals surface area contributed by atoms with Gasteiger partial charge in [-0.25, -0.2) is 19.2 Å². The van der Waals surface area contributed by atoms with Gasteiger partial charge in [0.1, 0.15) is 22.3 Å². The van der Waals surface area contributed by atoms with Crippen LogP contribution in [0.3, 0.4) is 0 Å². The number of hydrogen-bond donors (Lipinski definition) is 2. The quantitative estimate of drug-likeness (QED) is 0.394. The Morgan fingerprint density at radius 2 is 1.72 bits per heavy atom. The fourth-order valence-corrected chi connectivity index (χ4v) is 4.65. The first-order valence-corrected chi connectivity index (χ1v) is 10.4. The summed E-state index contributed by atoms with van der Waals surface area (Å²) in [7, 11) is 2.92. The molecule has 9 heteroatoms. The molecule has 0 fully saturated rings. The molecule has 2 aromatic heterocycles. The summed E-state index contributed by atoms with van der Waals surface area (Å²) < 4.78 is 24.1. The topological polar surface area (TPSA) is 93.6 Å². The van der Waals surface area contributed by atoms with Crippen molar-refractivity contribution in [1.29, 1.82) is 0 Å². The highest BCUT2D eigenvalue weighted by Crippen LogP contribution is 2.42. The van der Waals surface area contributed by atoms with Crippen molar-refractivity contribution in [2.24, 2.45) is 0 Å². The lowest BCUT2D eigenvalue weighted by atomic mass is 10.0. The number of carboxylic acids is 1. The highest BCUT2D eigenvalue weighted by atomic mass is 32.1. The molecule has 0 aliphatic carbocycles. The van der Waals surface area contributed by atoms with Gasteiger partial charge in [0.2, 0.25) is 0 Å². The first kappa shape index (κ1) is 21.5. The van der Waals surface area contributed by atoms with Crippen LogP contribution >= 0.6 is 11.3 Å². The Labute approximate surface area is 187 Å². The van der Waals surface area contributed by atoms with Crippen molar-refractivity contribution >= 4 is 39.0 Å². The molecule has 0 aliphatic heterocycles. The van der Waals surface area contributed by atoms with E-state index in [1.165, 1.54) is 43.8 Å². The minimum atomic E-state index is -1.13. The van der Waals surface area contributed by atoms with E-state index in [1.807, 2.05) is 6.92 Å². The number of aryl methyl sites for hydroxylation is 2. The number of rotatable bonds is 6. The van der Waals surface area contributed by atoms with Crippen molar-refractivity contribution in [3.63, 3.8) is 0 Å². The first-order valence-electron chi connectivity index (χ1n) is 9.62. The van der Waals surface area contributed by atoms with Gasteiger partial charge in [-0.05, 0) is 31.5 Å². The van der Waals surface area contributed by atoms with Crippen LogP contribution in [-0.2, 0) is 0 Å². The summed E-state index contributed by atoms with van der Waals surface area (Å²) >= 11 is 1.50. The summed E-state index contributed by atoms with van der Waals surface area (Å²) in [6.45, 7) is 3.73. The number of hydrogen-bond acceptors (Lipinski definition) is 7. The first-order chi connectivity index (χ1) is 15.3. The van der Waals surface area contributed by atoms with E-state index in [0.717, 1.165) is 26.2 Å². The number of benzene rings is 2. The highest BCUT2D eigenvalue weighted by Gasteiger charge is 2.21. The van der Waals surface area contributed by atoms with Gasteiger partial charge >= 0.3 is 5.97 Å². The summed E-state index contributed by atoms with van der Waals surface area (Å²) in [6, 6.07) is 9.16. The van der Waals surface area contributed by atoms with E-state index in [0.29, 0.717) is 28.8 Å². The summed E-state index contributed by atoms with van der Waals surface area (Å²) in [6.07, 6.45) is 0. The third-order valence-corrected chi connectivity index (χ3v) is 5.98. The molecular weight excluding hydrogens is 433 g/mol. The number of nitrogens with zero attached hydrogens (tertiary/aromatic N) is 2. The van der Waals surface area contributed by atoms with Crippen LogP contribution in [-0.4, -0.2) is 35.3 Å². The highest BCUT2D eigenvalue weighted by molar-refractivity contribution is 7.19. The maximum atomic E-state index is 13.5. The van der Waals surface area contributed by atoms with Crippen LogP contribution in [0.1, 0.15) is 21.1 Å². The molecule has 0 amide bonds. The molecule has 0 saturated carbocycles. The van der Waals surface area contributed by atoms with Gasteiger partial charge in [0.05, 0.1) is 30.9 Å². The molecule has 164 valence electrons. The van der Waals surface area contributed by atoms with E-state index in [-0.39, 0.29) is 11.4 Å². The van der Waals surface area contributed by atoms with Gasteiger partial charge in [0, 0.05) is 22.6 Å². The summed E-state index contributed by atoms with van der Waals surface area (Å²) in [5, 5.41) is 13.7. The second kappa shape index (κ2) is 8.43. The van der Waals surface area contributed by atoms with Crippen molar-refractivity contribution in [1.82, 2.24) is 9.97 Å². The number of nitrogens with one attached hydrogen (secondary N) is 1. The molecular formula is C23H20FN3O4S. The number of aromatic carboxylic acids is 1. The van der Waals surface area contributed by atoms with Crippen molar-refractivity contribution in [2.45, 2.75) is 13.8 Å². The number of carboxylic acid groups (broad SMARTS) is 1. The Balaban J connectivity index is 1.94. The lowest BCUT2D eigenvalue weighted by Gasteiger charge is -2.15. The number of ether oxygens (including phenoxy) is 2. The van der Waals surface area contributed by atoms with E-state index in [9.17, 15) is 14.3 Å². The zero-order valence-corrected chi connectivity index (χ0v) is 18.6.